The molecule has 0 unspecified atom stereocenters. The third-order valence-corrected chi connectivity index (χ3v) is 9.25. The molecule has 9 aromatic rings. The van der Waals surface area contributed by atoms with Crippen LogP contribution in [0, 0.1) is 0 Å². The molecule has 9 rings (SSSR count). The number of aromatic nitrogens is 2. The topological polar surface area (TPSA) is 9.86 Å². The van der Waals surface area contributed by atoms with E-state index in [1.807, 2.05) is 12.1 Å². The van der Waals surface area contributed by atoms with Crippen molar-refractivity contribution >= 4 is 55.2 Å². The summed E-state index contributed by atoms with van der Waals surface area (Å²) in [4.78, 5) is 0. The Bertz CT molecular complexity index is 2480. The number of nitrogens with zero attached hydrogens (tertiary/aromatic N) is 2. The summed E-state index contributed by atoms with van der Waals surface area (Å²) < 4.78 is 4.74. The van der Waals surface area contributed by atoms with Gasteiger partial charge in [-0.3, -0.25) is 0 Å². The van der Waals surface area contributed by atoms with E-state index in [1.54, 1.807) is 0 Å². The van der Waals surface area contributed by atoms with Crippen molar-refractivity contribution in [3.63, 3.8) is 0 Å². The Hall–Kier alpha value is -5.57. The molecular formula is C42H27ClN2. The Morgan fingerprint density at radius 2 is 0.778 bits per heavy atom. The molecule has 212 valence electrons. The summed E-state index contributed by atoms with van der Waals surface area (Å²) >= 11 is 6.16. The first-order chi connectivity index (χ1) is 22.2. The SMILES string of the molecule is Clc1ccc(-c2ccc3c(c2)c2ccccc2n3-c2ccc(-c3cccc(-n4c5ccccc5c5ccccc54)c3)cc2)cc1. The van der Waals surface area contributed by atoms with Gasteiger partial charge in [0.05, 0.1) is 22.1 Å². The minimum absolute atomic E-state index is 0.748. The summed E-state index contributed by atoms with van der Waals surface area (Å²) in [6, 6.07) is 58.6. The van der Waals surface area contributed by atoms with E-state index < -0.39 is 0 Å². The normalized spacial score (nSPS) is 11.7. The minimum atomic E-state index is 0.748. The van der Waals surface area contributed by atoms with Gasteiger partial charge < -0.3 is 9.13 Å². The zero-order valence-corrected chi connectivity index (χ0v) is 25.1. The van der Waals surface area contributed by atoms with Crippen LogP contribution in [0.4, 0.5) is 0 Å². The fraction of sp³-hybridized carbons (Fsp3) is 0. The summed E-state index contributed by atoms with van der Waals surface area (Å²) in [6.45, 7) is 0. The van der Waals surface area contributed by atoms with E-state index in [0.29, 0.717) is 0 Å². The van der Waals surface area contributed by atoms with E-state index in [0.717, 1.165) is 22.0 Å². The molecule has 0 aliphatic heterocycles. The zero-order valence-electron chi connectivity index (χ0n) is 24.4. The molecule has 0 atom stereocenters. The summed E-state index contributed by atoms with van der Waals surface area (Å²) in [5.74, 6) is 0. The van der Waals surface area contributed by atoms with Gasteiger partial charge in [0, 0.05) is 37.9 Å². The molecule has 2 heterocycles. The molecule has 7 aromatic carbocycles. The average Bonchev–Trinajstić information content (AvgIpc) is 3.61. The van der Waals surface area contributed by atoms with Crippen LogP contribution in [0.25, 0.3) is 77.2 Å². The highest BCUT2D eigenvalue weighted by Gasteiger charge is 2.15. The zero-order chi connectivity index (χ0) is 29.9. The van der Waals surface area contributed by atoms with Crippen LogP contribution in [0.3, 0.4) is 0 Å². The van der Waals surface area contributed by atoms with Crippen molar-refractivity contribution in [2.45, 2.75) is 0 Å². The quantitative estimate of drug-likeness (QED) is 0.192. The Morgan fingerprint density at radius 1 is 0.311 bits per heavy atom. The van der Waals surface area contributed by atoms with Gasteiger partial charge in [0.1, 0.15) is 0 Å². The lowest BCUT2D eigenvalue weighted by molar-refractivity contribution is 1.18. The first-order valence-electron chi connectivity index (χ1n) is 15.2. The van der Waals surface area contributed by atoms with Crippen LogP contribution in [0.2, 0.25) is 5.02 Å². The van der Waals surface area contributed by atoms with Crippen LogP contribution in [-0.2, 0) is 0 Å². The summed E-state index contributed by atoms with van der Waals surface area (Å²) in [5.41, 5.74) is 11.8. The Labute approximate surface area is 266 Å². The van der Waals surface area contributed by atoms with Crippen LogP contribution >= 0.6 is 11.6 Å². The van der Waals surface area contributed by atoms with Gasteiger partial charge in [-0.25, -0.2) is 0 Å². The van der Waals surface area contributed by atoms with Crippen molar-refractivity contribution in [1.29, 1.82) is 0 Å². The van der Waals surface area contributed by atoms with Crippen LogP contribution in [0.15, 0.2) is 164 Å². The van der Waals surface area contributed by atoms with E-state index in [9.17, 15) is 0 Å². The Balaban J connectivity index is 1.14. The molecule has 2 nitrogen and oxygen atoms in total. The second-order valence-electron chi connectivity index (χ2n) is 11.6. The van der Waals surface area contributed by atoms with Crippen molar-refractivity contribution in [1.82, 2.24) is 9.13 Å². The maximum Gasteiger partial charge on any atom is 0.0541 e. The van der Waals surface area contributed by atoms with Gasteiger partial charge in [0.2, 0.25) is 0 Å². The maximum absolute atomic E-state index is 6.16. The number of fused-ring (bicyclic) bond motifs is 6. The number of rotatable bonds is 4. The Kier molecular flexibility index (Phi) is 5.90. The van der Waals surface area contributed by atoms with Crippen molar-refractivity contribution in [2.75, 3.05) is 0 Å². The minimum Gasteiger partial charge on any atom is -0.309 e. The number of hydrogen-bond donors (Lipinski definition) is 0. The number of hydrogen-bond acceptors (Lipinski definition) is 0. The van der Waals surface area contributed by atoms with Crippen LogP contribution in [0.1, 0.15) is 0 Å². The highest BCUT2D eigenvalue weighted by Crippen LogP contribution is 2.37. The lowest BCUT2D eigenvalue weighted by atomic mass is 10.0. The van der Waals surface area contributed by atoms with Crippen molar-refractivity contribution < 1.29 is 0 Å². The van der Waals surface area contributed by atoms with Crippen molar-refractivity contribution in [2.24, 2.45) is 0 Å². The van der Waals surface area contributed by atoms with Crippen LogP contribution in [-0.4, -0.2) is 9.13 Å². The van der Waals surface area contributed by atoms with E-state index in [-0.39, 0.29) is 0 Å². The third kappa shape index (κ3) is 4.18. The fourth-order valence-corrected chi connectivity index (χ4v) is 7.03. The first-order valence-corrected chi connectivity index (χ1v) is 15.6. The highest BCUT2D eigenvalue weighted by molar-refractivity contribution is 6.30. The monoisotopic (exact) mass is 594 g/mol. The van der Waals surface area contributed by atoms with Gasteiger partial charge in [0.15, 0.2) is 0 Å². The summed E-state index contributed by atoms with van der Waals surface area (Å²) in [5, 5.41) is 5.77. The molecule has 0 bridgehead atoms. The standard InChI is InChI=1S/C42H27ClN2/c43-32-21-16-28(17-22-32)31-20-25-42-38(27-31)37-12-3-6-15-41(37)44(42)33-23-18-29(19-24-33)30-8-7-9-34(26-30)45-39-13-4-1-10-35(39)36-11-2-5-14-40(36)45/h1-27H. The van der Waals surface area contributed by atoms with Gasteiger partial charge in [0.25, 0.3) is 0 Å². The molecule has 0 spiro atoms. The fourth-order valence-electron chi connectivity index (χ4n) is 6.90. The molecule has 0 N–H and O–H groups in total. The predicted molar refractivity (Wildman–Crippen MR) is 191 cm³/mol. The smallest absolute Gasteiger partial charge is 0.0541 e. The number of para-hydroxylation sites is 3. The van der Waals surface area contributed by atoms with E-state index in [4.69, 9.17) is 11.6 Å². The lowest BCUT2D eigenvalue weighted by Crippen LogP contribution is -1.95. The van der Waals surface area contributed by atoms with Crippen LogP contribution < -0.4 is 0 Å². The predicted octanol–water partition coefficient (Wildman–Crippen LogP) is 11.9. The van der Waals surface area contributed by atoms with Gasteiger partial charge in [-0.15, -0.1) is 0 Å². The summed E-state index contributed by atoms with van der Waals surface area (Å²) in [6.07, 6.45) is 0. The second kappa shape index (κ2) is 10.3. The molecule has 0 amide bonds. The lowest BCUT2D eigenvalue weighted by Gasteiger charge is -2.12. The molecule has 45 heavy (non-hydrogen) atoms. The second-order valence-corrected chi connectivity index (χ2v) is 12.0. The number of halogens is 1. The van der Waals surface area contributed by atoms with Crippen molar-refractivity contribution in [3.05, 3.63) is 169 Å². The Morgan fingerprint density at radius 3 is 1.40 bits per heavy atom. The first kappa shape index (κ1) is 25.9. The molecular weight excluding hydrogens is 568 g/mol. The highest BCUT2D eigenvalue weighted by atomic mass is 35.5. The molecule has 0 aliphatic rings. The van der Waals surface area contributed by atoms with Gasteiger partial charge in [-0.2, -0.15) is 0 Å². The van der Waals surface area contributed by atoms with E-state index in [1.165, 1.54) is 60.3 Å². The molecule has 0 saturated carbocycles. The largest absolute Gasteiger partial charge is 0.309 e. The molecule has 0 aliphatic carbocycles. The van der Waals surface area contributed by atoms with Crippen molar-refractivity contribution in [3.8, 4) is 33.6 Å². The van der Waals surface area contributed by atoms with Gasteiger partial charge in [-0.05, 0) is 89.0 Å². The molecule has 0 saturated heterocycles. The molecule has 2 aromatic heterocycles. The molecule has 0 radical (unpaired) electrons. The van der Waals surface area contributed by atoms with E-state index in [2.05, 4.69) is 161 Å². The van der Waals surface area contributed by atoms with Gasteiger partial charge >= 0.3 is 0 Å². The molecule has 0 fully saturated rings. The average molecular weight is 595 g/mol. The third-order valence-electron chi connectivity index (χ3n) is 8.99. The summed E-state index contributed by atoms with van der Waals surface area (Å²) in [7, 11) is 0. The van der Waals surface area contributed by atoms with Crippen LogP contribution in [0.5, 0.6) is 0 Å². The number of benzene rings is 7. The molecule has 3 heteroatoms. The van der Waals surface area contributed by atoms with Gasteiger partial charge in [-0.1, -0.05) is 109 Å². The maximum atomic E-state index is 6.16. The van der Waals surface area contributed by atoms with E-state index >= 15 is 0 Å².